The molecule has 1 N–H and O–H groups in total. The van der Waals surface area contributed by atoms with E-state index in [0.29, 0.717) is 32.5 Å². The molecule has 0 bridgehead atoms. The fraction of sp³-hybridized carbons (Fsp3) is 0.320. The Morgan fingerprint density at radius 2 is 1.81 bits per heavy atom. The second-order valence-corrected chi connectivity index (χ2v) is 8.65. The van der Waals surface area contributed by atoms with E-state index in [4.69, 9.17) is 4.74 Å². The SMILES string of the molecule is CCOc1ccc(-c2nc(CC(=O)N3CCC(C(=O)Nc4ccccc4)CC3)cs2)cc1. The molecule has 0 radical (unpaired) electrons. The van der Waals surface area contributed by atoms with Crippen molar-refractivity contribution in [3.63, 3.8) is 0 Å². The van der Waals surface area contributed by atoms with Crippen molar-refractivity contribution in [2.75, 3.05) is 25.0 Å². The molecule has 2 heterocycles. The molecule has 0 atom stereocenters. The number of rotatable bonds is 7. The van der Waals surface area contributed by atoms with Gasteiger partial charge in [-0.05, 0) is 56.2 Å². The first-order chi connectivity index (χ1) is 15.6. The number of ether oxygens (including phenoxy) is 1. The molecule has 0 aliphatic carbocycles. The van der Waals surface area contributed by atoms with E-state index in [1.807, 2.05) is 71.8 Å². The fourth-order valence-corrected chi connectivity index (χ4v) is 4.63. The topological polar surface area (TPSA) is 71.5 Å². The number of hydrogen-bond acceptors (Lipinski definition) is 5. The van der Waals surface area contributed by atoms with Crippen LogP contribution in [0.5, 0.6) is 5.75 Å². The molecule has 1 aromatic heterocycles. The maximum atomic E-state index is 12.8. The summed E-state index contributed by atoms with van der Waals surface area (Å²) in [6.07, 6.45) is 1.65. The number of aromatic nitrogens is 1. The van der Waals surface area contributed by atoms with Crippen molar-refractivity contribution in [2.45, 2.75) is 26.2 Å². The van der Waals surface area contributed by atoms with Gasteiger partial charge in [-0.3, -0.25) is 9.59 Å². The predicted molar refractivity (Wildman–Crippen MR) is 127 cm³/mol. The van der Waals surface area contributed by atoms with Crippen molar-refractivity contribution in [3.8, 4) is 16.3 Å². The van der Waals surface area contributed by atoms with Crippen LogP contribution in [0.1, 0.15) is 25.5 Å². The van der Waals surface area contributed by atoms with Gasteiger partial charge in [0, 0.05) is 35.6 Å². The number of nitrogens with zero attached hydrogens (tertiary/aromatic N) is 2. The maximum Gasteiger partial charge on any atom is 0.228 e. The van der Waals surface area contributed by atoms with Gasteiger partial charge >= 0.3 is 0 Å². The first kappa shape index (κ1) is 22.0. The number of benzene rings is 2. The van der Waals surface area contributed by atoms with E-state index in [9.17, 15) is 9.59 Å². The van der Waals surface area contributed by atoms with Crippen LogP contribution in [0.3, 0.4) is 0 Å². The predicted octanol–water partition coefficient (Wildman–Crippen LogP) is 4.63. The van der Waals surface area contributed by atoms with E-state index in [-0.39, 0.29) is 24.2 Å². The highest BCUT2D eigenvalue weighted by atomic mass is 32.1. The summed E-state index contributed by atoms with van der Waals surface area (Å²) >= 11 is 1.54. The van der Waals surface area contributed by atoms with Crippen molar-refractivity contribution in [2.24, 2.45) is 5.92 Å². The summed E-state index contributed by atoms with van der Waals surface area (Å²) in [5.41, 5.74) is 2.61. The largest absolute Gasteiger partial charge is 0.494 e. The molecule has 0 spiro atoms. The number of piperidine rings is 1. The molecule has 1 aliphatic rings. The number of carbonyl (C=O) groups is 2. The van der Waals surface area contributed by atoms with E-state index in [1.54, 1.807) is 11.3 Å². The zero-order chi connectivity index (χ0) is 22.3. The third-order valence-corrected chi connectivity index (χ3v) is 6.50. The van der Waals surface area contributed by atoms with Gasteiger partial charge in [-0.2, -0.15) is 0 Å². The molecular weight excluding hydrogens is 422 g/mol. The lowest BCUT2D eigenvalue weighted by Gasteiger charge is -2.31. The van der Waals surface area contributed by atoms with E-state index < -0.39 is 0 Å². The molecule has 3 aromatic rings. The molecule has 1 aliphatic heterocycles. The molecule has 32 heavy (non-hydrogen) atoms. The van der Waals surface area contributed by atoms with Crippen LogP contribution in [-0.2, 0) is 16.0 Å². The van der Waals surface area contributed by atoms with Crippen molar-refractivity contribution in [1.82, 2.24) is 9.88 Å². The lowest BCUT2D eigenvalue weighted by Crippen LogP contribution is -2.42. The average molecular weight is 450 g/mol. The van der Waals surface area contributed by atoms with Crippen LogP contribution in [0, 0.1) is 5.92 Å². The van der Waals surface area contributed by atoms with Crippen molar-refractivity contribution in [1.29, 1.82) is 0 Å². The molecule has 166 valence electrons. The number of hydrogen-bond donors (Lipinski definition) is 1. The third kappa shape index (κ3) is 5.53. The van der Waals surface area contributed by atoms with Gasteiger partial charge in [0.1, 0.15) is 10.8 Å². The van der Waals surface area contributed by atoms with Crippen LogP contribution >= 0.6 is 11.3 Å². The summed E-state index contributed by atoms with van der Waals surface area (Å²) < 4.78 is 5.48. The minimum atomic E-state index is -0.0650. The quantitative estimate of drug-likeness (QED) is 0.571. The van der Waals surface area contributed by atoms with E-state index in [2.05, 4.69) is 10.3 Å². The molecule has 1 fully saturated rings. The number of likely N-dealkylation sites (tertiary alicyclic amines) is 1. The third-order valence-electron chi connectivity index (χ3n) is 5.56. The lowest BCUT2D eigenvalue weighted by molar-refractivity contribution is -0.133. The Labute approximate surface area is 192 Å². The van der Waals surface area contributed by atoms with Crippen LogP contribution in [0.4, 0.5) is 5.69 Å². The van der Waals surface area contributed by atoms with Crippen LogP contribution in [0.15, 0.2) is 60.0 Å². The zero-order valence-corrected chi connectivity index (χ0v) is 18.9. The van der Waals surface area contributed by atoms with Gasteiger partial charge in [0.25, 0.3) is 0 Å². The molecule has 2 amide bonds. The highest BCUT2D eigenvalue weighted by Gasteiger charge is 2.27. The maximum absolute atomic E-state index is 12.8. The fourth-order valence-electron chi connectivity index (χ4n) is 3.80. The Morgan fingerprint density at radius 3 is 2.50 bits per heavy atom. The first-order valence-corrected chi connectivity index (χ1v) is 11.8. The van der Waals surface area contributed by atoms with Crippen LogP contribution in [-0.4, -0.2) is 41.4 Å². The highest BCUT2D eigenvalue weighted by molar-refractivity contribution is 7.13. The number of amides is 2. The number of para-hydroxylation sites is 1. The summed E-state index contributed by atoms with van der Waals surface area (Å²) in [5.74, 6) is 0.868. The molecule has 7 heteroatoms. The van der Waals surface area contributed by atoms with Crippen LogP contribution < -0.4 is 10.1 Å². The summed E-state index contributed by atoms with van der Waals surface area (Å²) in [7, 11) is 0. The standard InChI is InChI=1S/C25H27N3O3S/c1-2-31-22-10-8-19(9-11-22)25-27-21(17-32-25)16-23(29)28-14-12-18(13-15-28)24(30)26-20-6-4-3-5-7-20/h3-11,17-18H,2,12-16H2,1H3,(H,26,30). The van der Waals surface area contributed by atoms with Crippen molar-refractivity contribution < 1.29 is 14.3 Å². The highest BCUT2D eigenvalue weighted by Crippen LogP contribution is 2.26. The number of carbonyl (C=O) groups excluding carboxylic acids is 2. The molecular formula is C25H27N3O3S. The Balaban J connectivity index is 1.27. The number of nitrogens with one attached hydrogen (secondary N) is 1. The second kappa shape index (κ2) is 10.4. The molecule has 1 saturated heterocycles. The van der Waals surface area contributed by atoms with E-state index in [0.717, 1.165) is 27.7 Å². The monoisotopic (exact) mass is 449 g/mol. The van der Waals surface area contributed by atoms with Gasteiger partial charge in [-0.15, -0.1) is 11.3 Å². The summed E-state index contributed by atoms with van der Waals surface area (Å²) in [6.45, 7) is 3.79. The summed E-state index contributed by atoms with van der Waals surface area (Å²) in [4.78, 5) is 31.8. The minimum Gasteiger partial charge on any atom is -0.494 e. The smallest absolute Gasteiger partial charge is 0.228 e. The Morgan fingerprint density at radius 1 is 1.09 bits per heavy atom. The van der Waals surface area contributed by atoms with Gasteiger partial charge < -0.3 is 15.0 Å². The summed E-state index contributed by atoms with van der Waals surface area (Å²) in [5, 5.41) is 5.81. The Kier molecular flexibility index (Phi) is 7.17. The van der Waals surface area contributed by atoms with E-state index in [1.165, 1.54) is 0 Å². The van der Waals surface area contributed by atoms with Crippen molar-refractivity contribution in [3.05, 3.63) is 65.7 Å². The van der Waals surface area contributed by atoms with Crippen molar-refractivity contribution >= 4 is 28.8 Å². The first-order valence-electron chi connectivity index (χ1n) is 10.9. The molecule has 2 aromatic carbocycles. The second-order valence-electron chi connectivity index (χ2n) is 7.79. The lowest BCUT2D eigenvalue weighted by atomic mass is 9.95. The molecule has 0 saturated carbocycles. The molecule has 4 rings (SSSR count). The van der Waals surface area contributed by atoms with Gasteiger partial charge in [0.05, 0.1) is 18.7 Å². The average Bonchev–Trinajstić information content (AvgIpc) is 3.29. The minimum absolute atomic E-state index is 0.0304. The zero-order valence-electron chi connectivity index (χ0n) is 18.1. The normalized spacial score (nSPS) is 14.2. The van der Waals surface area contributed by atoms with Crippen LogP contribution in [0.25, 0.3) is 10.6 Å². The molecule has 6 nitrogen and oxygen atoms in total. The Bertz CT molecular complexity index is 1040. The molecule has 0 unspecified atom stereocenters. The summed E-state index contributed by atoms with van der Waals surface area (Å²) in [6, 6.07) is 17.3. The van der Waals surface area contributed by atoms with Crippen LogP contribution in [0.2, 0.25) is 0 Å². The van der Waals surface area contributed by atoms with Gasteiger partial charge in [0.2, 0.25) is 11.8 Å². The van der Waals surface area contributed by atoms with Gasteiger partial charge in [0.15, 0.2) is 0 Å². The number of anilines is 1. The van der Waals surface area contributed by atoms with E-state index >= 15 is 0 Å². The van der Waals surface area contributed by atoms with Gasteiger partial charge in [-0.25, -0.2) is 4.98 Å². The van der Waals surface area contributed by atoms with Gasteiger partial charge in [-0.1, -0.05) is 18.2 Å². The number of thiazole rings is 1. The Hall–Kier alpha value is -3.19.